The molecule has 0 spiro atoms. The van der Waals surface area contributed by atoms with Crippen molar-refractivity contribution in [2.75, 3.05) is 10.2 Å². The Balaban J connectivity index is 1.25. The van der Waals surface area contributed by atoms with Crippen molar-refractivity contribution in [2.24, 2.45) is 5.92 Å². The molecule has 1 aliphatic rings. The summed E-state index contributed by atoms with van der Waals surface area (Å²) in [5.41, 5.74) is 1.28. The molecule has 0 saturated carbocycles. The third-order valence-corrected chi connectivity index (χ3v) is 6.70. The topological polar surface area (TPSA) is 122 Å². The number of amides is 4. The molecule has 0 bridgehead atoms. The summed E-state index contributed by atoms with van der Waals surface area (Å²) in [7, 11) is 0. The van der Waals surface area contributed by atoms with Gasteiger partial charge in [0.2, 0.25) is 11.8 Å². The van der Waals surface area contributed by atoms with Gasteiger partial charge in [0.1, 0.15) is 23.3 Å². The highest BCUT2D eigenvalue weighted by molar-refractivity contribution is 6.28. The number of carbonyl (C=O) groups is 3. The first-order valence-corrected chi connectivity index (χ1v) is 13.1. The van der Waals surface area contributed by atoms with Gasteiger partial charge in [0.25, 0.3) is 0 Å². The Morgan fingerprint density at radius 1 is 1.05 bits per heavy atom. The average molecular weight is 586 g/mol. The van der Waals surface area contributed by atoms with Gasteiger partial charge in [-0.15, -0.1) is 4.90 Å². The molecule has 13 heteroatoms. The summed E-state index contributed by atoms with van der Waals surface area (Å²) in [5, 5.41) is 6.75. The molecule has 4 heterocycles. The summed E-state index contributed by atoms with van der Waals surface area (Å²) in [5.74, 6) is -3.90. The minimum Gasteiger partial charge on any atom is -0.452 e. The largest absolute Gasteiger partial charge is 0.505 e. The number of fused-ring (bicyclic) bond motifs is 1. The van der Waals surface area contributed by atoms with E-state index >= 15 is 4.39 Å². The zero-order chi connectivity index (χ0) is 30.2. The average Bonchev–Trinajstić information content (AvgIpc) is 3.68. The molecule has 0 saturated heterocycles. The molecule has 0 radical (unpaired) electrons. The van der Waals surface area contributed by atoms with Gasteiger partial charge in [0, 0.05) is 18.0 Å². The van der Waals surface area contributed by atoms with Gasteiger partial charge in [-0.05, 0) is 62.4 Å². The van der Waals surface area contributed by atoms with Gasteiger partial charge < -0.3 is 14.5 Å². The van der Waals surface area contributed by atoms with Crippen molar-refractivity contribution in [3.63, 3.8) is 0 Å². The lowest BCUT2D eigenvalue weighted by Gasteiger charge is -2.24. The van der Waals surface area contributed by atoms with E-state index in [0.29, 0.717) is 17.0 Å². The van der Waals surface area contributed by atoms with E-state index in [0.717, 1.165) is 23.1 Å². The third-order valence-electron chi connectivity index (χ3n) is 6.70. The van der Waals surface area contributed by atoms with Crippen LogP contribution in [0.25, 0.3) is 17.0 Å². The molecule has 2 aromatic carbocycles. The maximum atomic E-state index is 15.2. The maximum absolute atomic E-state index is 15.2. The van der Waals surface area contributed by atoms with Gasteiger partial charge in [-0.1, -0.05) is 0 Å². The number of urea groups is 1. The SMILES string of the molecule is CC(C)[N+]1=CC(C(=O)Nc2ccc(Oc3cc(-c4ncco4)cn4nccc34)c(F)c2)C(=O)N(c2ccc(F)cc2)C1=O. The van der Waals surface area contributed by atoms with E-state index in [1.54, 1.807) is 42.9 Å². The lowest BCUT2D eigenvalue weighted by atomic mass is 10.0. The van der Waals surface area contributed by atoms with Gasteiger partial charge in [0.15, 0.2) is 23.2 Å². The molecule has 1 atom stereocenters. The predicted molar refractivity (Wildman–Crippen MR) is 150 cm³/mol. The molecule has 5 aromatic rings. The first-order valence-electron chi connectivity index (χ1n) is 13.1. The summed E-state index contributed by atoms with van der Waals surface area (Å²) >= 11 is 0. The van der Waals surface area contributed by atoms with Crippen LogP contribution in [-0.2, 0) is 9.59 Å². The molecule has 1 N–H and O–H groups in total. The fourth-order valence-corrected chi connectivity index (χ4v) is 4.60. The molecule has 3 aromatic heterocycles. The van der Waals surface area contributed by atoms with E-state index in [2.05, 4.69) is 15.4 Å². The number of aromatic nitrogens is 3. The number of halogens is 2. The molecule has 1 aliphatic heterocycles. The summed E-state index contributed by atoms with van der Waals surface area (Å²) in [6.07, 6.45) is 7.40. The van der Waals surface area contributed by atoms with Crippen molar-refractivity contribution in [3.8, 4) is 23.0 Å². The Morgan fingerprint density at radius 2 is 1.84 bits per heavy atom. The Bertz CT molecular complexity index is 1900. The van der Waals surface area contributed by atoms with E-state index < -0.39 is 41.4 Å². The van der Waals surface area contributed by atoms with Crippen molar-refractivity contribution < 1.29 is 36.9 Å². The first kappa shape index (κ1) is 27.4. The third kappa shape index (κ3) is 5.23. The number of carbonyl (C=O) groups excluding carboxylic acids is 3. The Kier molecular flexibility index (Phi) is 6.98. The minimum atomic E-state index is -1.42. The van der Waals surface area contributed by atoms with E-state index in [1.807, 2.05) is 0 Å². The smallest absolute Gasteiger partial charge is 0.452 e. The number of nitrogens with zero attached hydrogens (tertiary/aromatic N) is 5. The molecule has 1 unspecified atom stereocenters. The minimum absolute atomic E-state index is 0.0559. The highest BCUT2D eigenvalue weighted by Gasteiger charge is 2.48. The molecular weight excluding hydrogens is 562 g/mol. The van der Waals surface area contributed by atoms with Gasteiger partial charge in [-0.3, -0.25) is 4.79 Å². The van der Waals surface area contributed by atoms with E-state index in [4.69, 9.17) is 9.15 Å². The lowest BCUT2D eigenvalue weighted by molar-refractivity contribution is -0.459. The number of ether oxygens (including phenoxy) is 1. The van der Waals surface area contributed by atoms with E-state index in [-0.39, 0.29) is 22.9 Å². The molecule has 43 heavy (non-hydrogen) atoms. The van der Waals surface area contributed by atoms with Crippen LogP contribution in [-0.4, -0.2) is 49.3 Å². The maximum Gasteiger partial charge on any atom is 0.505 e. The van der Waals surface area contributed by atoms with Crippen LogP contribution in [0.1, 0.15) is 13.8 Å². The van der Waals surface area contributed by atoms with Crippen molar-refractivity contribution >= 4 is 41.0 Å². The van der Waals surface area contributed by atoms with E-state index in [1.165, 1.54) is 47.5 Å². The quantitative estimate of drug-likeness (QED) is 0.204. The van der Waals surface area contributed by atoms with Crippen LogP contribution in [0, 0.1) is 17.6 Å². The number of pyridine rings is 1. The molecule has 0 fully saturated rings. The number of nitrogens with one attached hydrogen (secondary N) is 1. The number of anilines is 2. The highest BCUT2D eigenvalue weighted by atomic mass is 19.1. The second kappa shape index (κ2) is 10.9. The second-order valence-electron chi connectivity index (χ2n) is 9.89. The fourth-order valence-electron chi connectivity index (χ4n) is 4.60. The van der Waals surface area contributed by atoms with Gasteiger partial charge in [-0.25, -0.2) is 23.1 Å². The number of rotatable bonds is 7. The standard InChI is InChI=1S/C30H22F2N6O5/c1-17(2)36-16-22(29(40)38(30(36)41)21-6-3-19(31)4-7-21)27(39)35-20-5-8-25(23(32)14-20)43-26-13-18(28-33-11-12-42-28)15-37-24(26)9-10-34-37/h3-17,22H,1-2H3/p+1. The molecule has 4 amide bonds. The fraction of sp³-hybridized carbons (Fsp3) is 0.133. The predicted octanol–water partition coefficient (Wildman–Crippen LogP) is 5.27. The monoisotopic (exact) mass is 585 g/mol. The van der Waals surface area contributed by atoms with Crippen LogP contribution in [0.4, 0.5) is 25.0 Å². The van der Waals surface area contributed by atoms with Crippen LogP contribution < -0.4 is 15.0 Å². The molecule has 6 rings (SSSR count). The zero-order valence-electron chi connectivity index (χ0n) is 22.8. The van der Waals surface area contributed by atoms with Crippen molar-refractivity contribution in [1.82, 2.24) is 14.6 Å². The van der Waals surface area contributed by atoms with Crippen LogP contribution in [0.2, 0.25) is 0 Å². The number of hydrogen-bond acceptors (Lipinski definition) is 7. The van der Waals surface area contributed by atoms with Gasteiger partial charge in [0.05, 0.1) is 30.2 Å². The number of oxazole rings is 1. The second-order valence-corrected chi connectivity index (χ2v) is 9.89. The van der Waals surface area contributed by atoms with Gasteiger partial charge in [-0.2, -0.15) is 14.5 Å². The Hall–Kier alpha value is -5.72. The van der Waals surface area contributed by atoms with Gasteiger partial charge >= 0.3 is 11.9 Å². The molecule has 0 aliphatic carbocycles. The molecule has 216 valence electrons. The van der Waals surface area contributed by atoms with Crippen LogP contribution in [0.3, 0.4) is 0 Å². The first-order chi connectivity index (χ1) is 20.7. The molecule has 11 nitrogen and oxygen atoms in total. The van der Waals surface area contributed by atoms with Crippen LogP contribution in [0.5, 0.6) is 11.5 Å². The van der Waals surface area contributed by atoms with Crippen LogP contribution in [0.15, 0.2) is 83.9 Å². The summed E-state index contributed by atoms with van der Waals surface area (Å²) in [4.78, 5) is 44.6. The Labute approximate surface area is 242 Å². The number of benzene rings is 2. The van der Waals surface area contributed by atoms with Crippen molar-refractivity contribution in [3.05, 3.63) is 91.1 Å². The van der Waals surface area contributed by atoms with Crippen molar-refractivity contribution in [2.45, 2.75) is 19.9 Å². The Morgan fingerprint density at radius 3 is 2.53 bits per heavy atom. The summed E-state index contributed by atoms with van der Waals surface area (Å²) in [6.45, 7) is 3.43. The summed E-state index contributed by atoms with van der Waals surface area (Å²) in [6, 6.07) is 10.8. The zero-order valence-corrected chi connectivity index (χ0v) is 22.8. The number of hydrogen-bond donors (Lipinski definition) is 1. The number of imide groups is 1. The van der Waals surface area contributed by atoms with Crippen LogP contribution >= 0.6 is 0 Å². The van der Waals surface area contributed by atoms with E-state index in [9.17, 15) is 18.8 Å². The van der Waals surface area contributed by atoms with Crippen molar-refractivity contribution in [1.29, 1.82) is 0 Å². The lowest BCUT2D eigenvalue weighted by Crippen LogP contribution is -2.55. The summed E-state index contributed by atoms with van der Waals surface area (Å²) < 4.78 is 42.8. The highest BCUT2D eigenvalue weighted by Crippen LogP contribution is 2.33. The molecular formula is C30H23F2N6O5+. The normalized spacial score (nSPS) is 15.2.